The second-order valence-electron chi connectivity index (χ2n) is 6.52. The number of halogens is 1. The first-order valence-electron chi connectivity index (χ1n) is 9.68. The third-order valence-corrected chi connectivity index (χ3v) is 4.37. The van der Waals surface area contributed by atoms with Gasteiger partial charge >= 0.3 is 0 Å². The van der Waals surface area contributed by atoms with Crippen molar-refractivity contribution < 1.29 is 0 Å². The third-order valence-electron chi connectivity index (χ3n) is 4.37. The number of nitrogens with one attached hydrogen (secondary N) is 1. The summed E-state index contributed by atoms with van der Waals surface area (Å²) in [6.07, 6.45) is 16.7. The molecule has 0 aliphatic heterocycles. The maximum atomic E-state index is 3.58. The van der Waals surface area contributed by atoms with Gasteiger partial charge in [-0.15, -0.1) is 17.0 Å². The van der Waals surface area contributed by atoms with Gasteiger partial charge in [0.25, 0.3) is 0 Å². The van der Waals surface area contributed by atoms with Gasteiger partial charge in [-0.2, -0.15) is 0 Å². The highest BCUT2D eigenvalue weighted by atomic mass is 79.9. The minimum atomic E-state index is 0. The van der Waals surface area contributed by atoms with Crippen molar-refractivity contribution in [3.63, 3.8) is 0 Å². The molecule has 1 aromatic rings. The van der Waals surface area contributed by atoms with Crippen LogP contribution in [0.1, 0.15) is 83.1 Å². The Hall–Kier alpha value is -0.340. The molecule has 0 aliphatic carbocycles. The van der Waals surface area contributed by atoms with Gasteiger partial charge in [-0.25, -0.2) is 0 Å². The molecule has 0 aromatic heterocycles. The van der Waals surface area contributed by atoms with E-state index < -0.39 is 0 Å². The Kier molecular flexibility index (Phi) is 17.7. The maximum Gasteiger partial charge on any atom is -0.00457 e. The number of rotatable bonds is 15. The minimum Gasteiger partial charge on any atom is -0.317 e. The number of hydrogen-bond acceptors (Lipinski definition) is 1. The fraction of sp³-hybridized carbons (Fsp3) is 0.714. The summed E-state index contributed by atoms with van der Waals surface area (Å²) in [5.74, 6) is 0. The summed E-state index contributed by atoms with van der Waals surface area (Å²) < 4.78 is 0. The van der Waals surface area contributed by atoms with Crippen LogP contribution in [0.3, 0.4) is 0 Å². The van der Waals surface area contributed by atoms with E-state index in [-0.39, 0.29) is 17.0 Å². The van der Waals surface area contributed by atoms with Crippen LogP contribution in [0, 0.1) is 0 Å². The predicted octanol–water partition coefficient (Wildman–Crippen LogP) is 6.71. The van der Waals surface area contributed by atoms with Crippen LogP contribution in [0.5, 0.6) is 0 Å². The molecule has 0 amide bonds. The number of benzene rings is 1. The van der Waals surface area contributed by atoms with Crippen LogP contribution in [0.2, 0.25) is 0 Å². The standard InChI is InChI=1S/C21H37N.BrH/c1-2-3-4-5-6-7-8-9-10-14-19-22-20-15-18-21-16-12-11-13-17-21;/h11-13,16-17,22H,2-10,14-15,18-20H2,1H3;1H. The fourth-order valence-corrected chi connectivity index (χ4v) is 2.92. The monoisotopic (exact) mass is 383 g/mol. The zero-order valence-corrected chi connectivity index (χ0v) is 16.9. The van der Waals surface area contributed by atoms with E-state index in [0.29, 0.717) is 0 Å². The van der Waals surface area contributed by atoms with Crippen molar-refractivity contribution in [2.24, 2.45) is 0 Å². The molecular weight excluding hydrogens is 346 g/mol. The van der Waals surface area contributed by atoms with Gasteiger partial charge < -0.3 is 5.32 Å². The van der Waals surface area contributed by atoms with E-state index >= 15 is 0 Å². The summed E-state index contributed by atoms with van der Waals surface area (Å²) in [5, 5.41) is 3.58. The lowest BCUT2D eigenvalue weighted by Crippen LogP contribution is -2.17. The van der Waals surface area contributed by atoms with Crippen molar-refractivity contribution in [3.8, 4) is 0 Å². The molecule has 1 aromatic carbocycles. The van der Waals surface area contributed by atoms with Crippen molar-refractivity contribution in [1.29, 1.82) is 0 Å². The maximum absolute atomic E-state index is 3.58. The second kappa shape index (κ2) is 18.0. The van der Waals surface area contributed by atoms with E-state index in [9.17, 15) is 0 Å². The molecule has 0 heterocycles. The Labute approximate surface area is 155 Å². The van der Waals surface area contributed by atoms with Crippen LogP contribution < -0.4 is 5.32 Å². The third kappa shape index (κ3) is 15.0. The Morgan fingerprint density at radius 2 is 1.17 bits per heavy atom. The predicted molar refractivity (Wildman–Crippen MR) is 110 cm³/mol. The smallest absolute Gasteiger partial charge is 0.00457 e. The van der Waals surface area contributed by atoms with E-state index in [1.54, 1.807) is 0 Å². The SMILES string of the molecule is Br.CCCCCCCCCCCCNCCCc1ccccc1. The molecule has 0 spiro atoms. The quantitative estimate of drug-likeness (QED) is 0.332. The summed E-state index contributed by atoms with van der Waals surface area (Å²) in [6.45, 7) is 4.65. The van der Waals surface area contributed by atoms with Crippen molar-refractivity contribution in [3.05, 3.63) is 35.9 Å². The molecule has 1 N–H and O–H groups in total. The average molecular weight is 384 g/mol. The Bertz CT molecular complexity index is 326. The van der Waals surface area contributed by atoms with E-state index in [2.05, 4.69) is 42.6 Å². The molecule has 0 bridgehead atoms. The molecule has 0 fully saturated rings. The van der Waals surface area contributed by atoms with E-state index in [1.807, 2.05) is 0 Å². The fourth-order valence-electron chi connectivity index (χ4n) is 2.92. The van der Waals surface area contributed by atoms with Crippen LogP contribution in [0.25, 0.3) is 0 Å². The van der Waals surface area contributed by atoms with Gasteiger partial charge in [0.2, 0.25) is 0 Å². The van der Waals surface area contributed by atoms with Gasteiger partial charge in [0.15, 0.2) is 0 Å². The highest BCUT2D eigenvalue weighted by Crippen LogP contribution is 2.10. The molecule has 1 rings (SSSR count). The summed E-state index contributed by atoms with van der Waals surface area (Å²) >= 11 is 0. The normalized spacial score (nSPS) is 10.5. The van der Waals surface area contributed by atoms with E-state index in [1.165, 1.54) is 89.2 Å². The zero-order valence-electron chi connectivity index (χ0n) is 15.2. The summed E-state index contributed by atoms with van der Waals surface area (Å²) in [7, 11) is 0. The van der Waals surface area contributed by atoms with Crippen LogP contribution in [0.4, 0.5) is 0 Å². The molecule has 0 saturated heterocycles. The van der Waals surface area contributed by atoms with Crippen molar-refractivity contribution >= 4 is 17.0 Å². The van der Waals surface area contributed by atoms with E-state index in [0.717, 1.165) is 6.54 Å². The lowest BCUT2D eigenvalue weighted by atomic mass is 10.1. The largest absolute Gasteiger partial charge is 0.317 e. The minimum absolute atomic E-state index is 0. The van der Waals surface area contributed by atoms with Gasteiger partial charge in [0.1, 0.15) is 0 Å². The van der Waals surface area contributed by atoms with E-state index in [4.69, 9.17) is 0 Å². The summed E-state index contributed by atoms with van der Waals surface area (Å²) in [5.41, 5.74) is 1.46. The van der Waals surface area contributed by atoms with Gasteiger partial charge in [-0.3, -0.25) is 0 Å². The van der Waals surface area contributed by atoms with Gasteiger partial charge in [-0.1, -0.05) is 95.0 Å². The number of aryl methyl sites for hydroxylation is 1. The molecule has 0 saturated carbocycles. The van der Waals surface area contributed by atoms with Crippen molar-refractivity contribution in [1.82, 2.24) is 5.32 Å². The van der Waals surface area contributed by atoms with Crippen molar-refractivity contribution in [2.45, 2.75) is 84.0 Å². The molecule has 0 unspecified atom stereocenters. The summed E-state index contributed by atoms with van der Waals surface area (Å²) in [6, 6.07) is 10.8. The van der Waals surface area contributed by atoms with Crippen LogP contribution in [0.15, 0.2) is 30.3 Å². The first-order chi connectivity index (χ1) is 10.9. The average Bonchev–Trinajstić information content (AvgIpc) is 2.56. The summed E-state index contributed by atoms with van der Waals surface area (Å²) in [4.78, 5) is 0. The molecule has 0 aliphatic rings. The number of hydrogen-bond donors (Lipinski definition) is 1. The Morgan fingerprint density at radius 1 is 0.652 bits per heavy atom. The highest BCUT2D eigenvalue weighted by molar-refractivity contribution is 8.93. The van der Waals surface area contributed by atoms with Crippen LogP contribution in [-0.2, 0) is 6.42 Å². The van der Waals surface area contributed by atoms with Gasteiger partial charge in [0, 0.05) is 0 Å². The molecule has 1 nitrogen and oxygen atoms in total. The zero-order chi connectivity index (χ0) is 15.7. The van der Waals surface area contributed by atoms with Crippen LogP contribution >= 0.6 is 17.0 Å². The Morgan fingerprint density at radius 3 is 1.78 bits per heavy atom. The topological polar surface area (TPSA) is 12.0 Å². The second-order valence-corrected chi connectivity index (χ2v) is 6.52. The van der Waals surface area contributed by atoms with Crippen molar-refractivity contribution in [2.75, 3.05) is 13.1 Å². The first kappa shape index (κ1) is 22.7. The number of unbranched alkanes of at least 4 members (excludes halogenated alkanes) is 9. The highest BCUT2D eigenvalue weighted by Gasteiger charge is 1.94. The molecule has 134 valence electrons. The first-order valence-corrected chi connectivity index (χ1v) is 9.68. The molecule has 0 radical (unpaired) electrons. The van der Waals surface area contributed by atoms with Crippen LogP contribution in [-0.4, -0.2) is 13.1 Å². The lowest BCUT2D eigenvalue weighted by Gasteiger charge is -2.05. The van der Waals surface area contributed by atoms with Gasteiger partial charge in [0.05, 0.1) is 0 Å². The molecular formula is C21H38BrN. The Balaban J connectivity index is 0.00000484. The molecule has 2 heteroatoms. The lowest BCUT2D eigenvalue weighted by molar-refractivity contribution is 0.541. The molecule has 23 heavy (non-hydrogen) atoms. The molecule has 0 atom stereocenters. The van der Waals surface area contributed by atoms with Gasteiger partial charge in [-0.05, 0) is 37.9 Å².